The van der Waals surface area contributed by atoms with Crippen molar-refractivity contribution < 1.29 is 0 Å². The Bertz CT molecular complexity index is 178. The lowest BCUT2D eigenvalue weighted by Gasteiger charge is -1.80. The molecule has 0 aliphatic rings. The van der Waals surface area contributed by atoms with Gasteiger partial charge in [0, 0.05) is 12.4 Å². The molecule has 0 fully saturated rings. The number of nitrogens with zero attached hydrogens (tertiary/aromatic N) is 4. The molecule has 0 unspecified atom stereocenters. The maximum absolute atomic E-state index is 3.74. The zero-order chi connectivity index (χ0) is 7.82. The van der Waals surface area contributed by atoms with Crippen LogP contribution in [0.4, 0.5) is 0 Å². The van der Waals surface area contributed by atoms with Crippen molar-refractivity contribution in [3.05, 3.63) is 12.8 Å². The van der Waals surface area contributed by atoms with Crippen LogP contribution in [0.1, 0.15) is 13.8 Å². The van der Waals surface area contributed by atoms with Gasteiger partial charge in [0.05, 0.1) is 0 Å². The van der Waals surface area contributed by atoms with Gasteiger partial charge in [-0.25, -0.2) is 4.99 Å². The van der Waals surface area contributed by atoms with Gasteiger partial charge in [-0.2, -0.15) is 0 Å². The molecule has 0 spiro atoms. The predicted molar refractivity (Wildman–Crippen MR) is 42.3 cm³/mol. The molecule has 0 bridgehead atoms. The van der Waals surface area contributed by atoms with Crippen LogP contribution in [0.15, 0.2) is 33.2 Å². The van der Waals surface area contributed by atoms with Gasteiger partial charge in [-0.1, -0.05) is 6.58 Å². The summed E-state index contributed by atoms with van der Waals surface area (Å²) in [5.74, 6) is 0.542. The number of aliphatic imine (C=N–C) groups is 1. The Hall–Kier alpha value is -1.32. The third kappa shape index (κ3) is 4.83. The quantitative estimate of drug-likeness (QED) is 0.242. The molecule has 0 heterocycles. The number of hydrogen-bond donors (Lipinski definition) is 0. The molecule has 0 N–H and O–H groups in total. The molecule has 4 heteroatoms. The molecule has 0 radical (unpaired) electrons. The van der Waals surface area contributed by atoms with Crippen molar-refractivity contribution in [2.75, 3.05) is 0 Å². The summed E-state index contributed by atoms with van der Waals surface area (Å²) >= 11 is 0. The monoisotopic (exact) mass is 138 g/mol. The molecule has 0 aliphatic heterocycles. The first kappa shape index (κ1) is 8.68. The van der Waals surface area contributed by atoms with Crippen molar-refractivity contribution in [2.24, 2.45) is 20.4 Å². The fourth-order valence-corrected chi connectivity index (χ4v) is 0.300. The van der Waals surface area contributed by atoms with Crippen LogP contribution < -0.4 is 0 Å². The number of amidine groups is 1. The lowest BCUT2D eigenvalue weighted by atomic mass is 10.7. The minimum Gasteiger partial charge on any atom is -0.240 e. The van der Waals surface area contributed by atoms with Gasteiger partial charge in [0.1, 0.15) is 5.84 Å². The van der Waals surface area contributed by atoms with Crippen molar-refractivity contribution in [2.45, 2.75) is 13.8 Å². The van der Waals surface area contributed by atoms with Crippen LogP contribution in [0.3, 0.4) is 0 Å². The summed E-state index contributed by atoms with van der Waals surface area (Å²) in [5, 5.41) is 10.5. The second kappa shape index (κ2) is 5.81. The van der Waals surface area contributed by atoms with E-state index in [1.807, 2.05) is 0 Å². The van der Waals surface area contributed by atoms with Crippen molar-refractivity contribution in [3.63, 3.8) is 0 Å². The fourth-order valence-electron chi connectivity index (χ4n) is 0.300. The molecule has 10 heavy (non-hydrogen) atoms. The van der Waals surface area contributed by atoms with E-state index in [-0.39, 0.29) is 0 Å². The molecule has 0 saturated heterocycles. The first-order valence-corrected chi connectivity index (χ1v) is 2.85. The summed E-state index contributed by atoms with van der Waals surface area (Å²) in [7, 11) is 0. The van der Waals surface area contributed by atoms with Crippen molar-refractivity contribution in [3.8, 4) is 0 Å². The Morgan fingerprint density at radius 1 is 1.50 bits per heavy atom. The average molecular weight is 138 g/mol. The van der Waals surface area contributed by atoms with Crippen molar-refractivity contribution in [1.29, 1.82) is 0 Å². The van der Waals surface area contributed by atoms with Crippen molar-refractivity contribution in [1.82, 2.24) is 0 Å². The second-order valence-electron chi connectivity index (χ2n) is 1.42. The van der Waals surface area contributed by atoms with E-state index in [4.69, 9.17) is 0 Å². The lowest BCUT2D eigenvalue weighted by Crippen LogP contribution is -1.79. The highest BCUT2D eigenvalue weighted by molar-refractivity contribution is 5.80. The van der Waals surface area contributed by atoms with Gasteiger partial charge < -0.3 is 0 Å². The van der Waals surface area contributed by atoms with E-state index >= 15 is 0 Å². The molecule has 4 nitrogen and oxygen atoms in total. The lowest BCUT2D eigenvalue weighted by molar-refractivity contribution is 1.08. The Labute approximate surface area is 60.1 Å². The molecule has 0 saturated carbocycles. The molecular weight excluding hydrogens is 128 g/mol. The summed E-state index contributed by atoms with van der Waals surface area (Å²) in [4.78, 5) is 3.74. The maximum atomic E-state index is 3.74. The normalized spacial score (nSPS) is 13.2. The van der Waals surface area contributed by atoms with Crippen LogP contribution in [0, 0.1) is 0 Å². The summed E-state index contributed by atoms with van der Waals surface area (Å²) in [6.45, 7) is 6.88. The van der Waals surface area contributed by atoms with Gasteiger partial charge in [-0.05, 0) is 19.1 Å². The van der Waals surface area contributed by atoms with Gasteiger partial charge in [0.15, 0.2) is 0 Å². The Morgan fingerprint density at radius 2 is 2.20 bits per heavy atom. The molecule has 0 aromatic heterocycles. The van der Waals surface area contributed by atoms with Crippen molar-refractivity contribution >= 4 is 12.1 Å². The smallest absolute Gasteiger partial charge is 0.149 e. The van der Waals surface area contributed by atoms with Crippen LogP contribution in [0.25, 0.3) is 0 Å². The molecule has 0 aromatic carbocycles. The van der Waals surface area contributed by atoms with E-state index in [9.17, 15) is 0 Å². The van der Waals surface area contributed by atoms with Gasteiger partial charge in [-0.15, -0.1) is 10.2 Å². The first-order chi connectivity index (χ1) is 4.81. The highest BCUT2D eigenvalue weighted by atomic mass is 15.4. The summed E-state index contributed by atoms with van der Waals surface area (Å²) in [6, 6.07) is 0. The van der Waals surface area contributed by atoms with E-state index in [0.717, 1.165) is 0 Å². The molecule has 0 atom stereocenters. The summed E-state index contributed by atoms with van der Waals surface area (Å²) < 4.78 is 0. The molecular formula is C6H10N4. The Balaban J connectivity index is 3.88. The minimum absolute atomic E-state index is 0.542. The third-order valence-corrected chi connectivity index (χ3v) is 0.635. The zero-order valence-electron chi connectivity index (χ0n) is 6.15. The standard InChI is InChI=1S/C6H10N4/c1-4-7-6(3)9-10-8-5-2/h4-5H,1H2,2-3H3/b7-6-,8-5+,10-9-. The zero-order valence-corrected chi connectivity index (χ0v) is 6.15. The highest BCUT2D eigenvalue weighted by Gasteiger charge is 1.78. The summed E-state index contributed by atoms with van der Waals surface area (Å²) in [5.41, 5.74) is 0. The molecule has 0 rings (SSSR count). The highest BCUT2D eigenvalue weighted by Crippen LogP contribution is 1.82. The predicted octanol–water partition coefficient (Wildman–Crippen LogP) is 2.01. The Kier molecular flexibility index (Phi) is 5.04. The molecule has 0 aromatic rings. The van der Waals surface area contributed by atoms with E-state index in [2.05, 4.69) is 27.0 Å². The van der Waals surface area contributed by atoms with E-state index < -0.39 is 0 Å². The first-order valence-electron chi connectivity index (χ1n) is 2.85. The van der Waals surface area contributed by atoms with Gasteiger partial charge in [-0.3, -0.25) is 0 Å². The van der Waals surface area contributed by atoms with Crippen LogP contribution >= 0.6 is 0 Å². The van der Waals surface area contributed by atoms with Crippen LogP contribution in [0.5, 0.6) is 0 Å². The number of rotatable bonds is 2. The number of hydrogen-bond acceptors (Lipinski definition) is 2. The minimum atomic E-state index is 0.542. The van der Waals surface area contributed by atoms with Crippen LogP contribution in [0.2, 0.25) is 0 Å². The fraction of sp³-hybridized carbons (Fsp3) is 0.333. The topological polar surface area (TPSA) is 49.4 Å². The van der Waals surface area contributed by atoms with E-state index in [1.54, 1.807) is 20.1 Å². The Morgan fingerprint density at radius 3 is 2.70 bits per heavy atom. The van der Waals surface area contributed by atoms with Crippen LogP contribution in [-0.2, 0) is 0 Å². The van der Waals surface area contributed by atoms with E-state index in [0.29, 0.717) is 5.84 Å². The third-order valence-electron chi connectivity index (χ3n) is 0.635. The SMILES string of the molecule is C=C\N=C(C)/N=N\N=C\C. The second-order valence-corrected chi connectivity index (χ2v) is 1.42. The molecule has 54 valence electrons. The molecule has 0 aliphatic carbocycles. The summed E-state index contributed by atoms with van der Waals surface area (Å²) in [6.07, 6.45) is 2.95. The largest absolute Gasteiger partial charge is 0.240 e. The van der Waals surface area contributed by atoms with Gasteiger partial charge in [0.25, 0.3) is 0 Å². The van der Waals surface area contributed by atoms with Gasteiger partial charge in [0.2, 0.25) is 0 Å². The maximum Gasteiger partial charge on any atom is 0.149 e. The molecule has 0 amide bonds. The average Bonchev–Trinajstić information content (AvgIpc) is 1.89. The van der Waals surface area contributed by atoms with Gasteiger partial charge >= 0.3 is 0 Å². The van der Waals surface area contributed by atoms with Crippen LogP contribution in [-0.4, -0.2) is 12.1 Å². The van der Waals surface area contributed by atoms with E-state index in [1.165, 1.54) is 6.20 Å².